The largest absolute Gasteiger partial charge is 0.389 e. The van der Waals surface area contributed by atoms with E-state index in [9.17, 15) is 10.2 Å². The molecule has 1 aromatic rings. The van der Waals surface area contributed by atoms with Crippen molar-refractivity contribution >= 4 is 0 Å². The molecule has 0 amide bonds. The topological polar surface area (TPSA) is 43.7 Å². The lowest BCUT2D eigenvalue weighted by atomic mass is 9.84. The molecular weight excluding hydrogens is 250 g/mol. The molecule has 1 saturated heterocycles. The van der Waals surface area contributed by atoms with Crippen LogP contribution in [-0.4, -0.2) is 40.4 Å². The summed E-state index contributed by atoms with van der Waals surface area (Å²) in [5, 5.41) is 19.3. The van der Waals surface area contributed by atoms with Gasteiger partial charge in [-0.05, 0) is 41.5 Å². The summed E-state index contributed by atoms with van der Waals surface area (Å²) >= 11 is 0. The van der Waals surface area contributed by atoms with Gasteiger partial charge in [-0.15, -0.1) is 0 Å². The Balaban J connectivity index is 2.21. The molecule has 2 N–H and O–H groups in total. The molecule has 1 aliphatic rings. The second-order valence-corrected chi connectivity index (χ2v) is 7.17. The van der Waals surface area contributed by atoms with E-state index in [2.05, 4.69) is 51.7 Å². The van der Waals surface area contributed by atoms with E-state index in [0.29, 0.717) is 13.1 Å². The Bertz CT molecular complexity index is 457. The average molecular weight is 277 g/mol. The first-order valence-electron chi connectivity index (χ1n) is 7.37. The number of benzene rings is 1. The maximum atomic E-state index is 9.64. The van der Waals surface area contributed by atoms with Gasteiger partial charge >= 0.3 is 0 Å². The molecule has 0 aromatic heterocycles. The van der Waals surface area contributed by atoms with Gasteiger partial charge < -0.3 is 10.2 Å². The number of aliphatic hydroxyl groups excluding tert-OH is 2. The third kappa shape index (κ3) is 3.22. The van der Waals surface area contributed by atoms with Gasteiger partial charge in [-0.1, -0.05) is 32.9 Å². The summed E-state index contributed by atoms with van der Waals surface area (Å²) in [7, 11) is 0. The van der Waals surface area contributed by atoms with E-state index < -0.39 is 12.2 Å². The SMILES string of the molecule is Cc1cc(C(C)(C)C)cc(C)c1CN1C[C@@H](O)[C@@H](O)C1. The van der Waals surface area contributed by atoms with Gasteiger partial charge in [-0.25, -0.2) is 0 Å². The molecule has 0 unspecified atom stereocenters. The van der Waals surface area contributed by atoms with Gasteiger partial charge in [0, 0.05) is 19.6 Å². The summed E-state index contributed by atoms with van der Waals surface area (Å²) in [4.78, 5) is 2.13. The zero-order valence-electron chi connectivity index (χ0n) is 13.3. The molecule has 2 atom stereocenters. The minimum absolute atomic E-state index is 0.161. The Morgan fingerprint density at radius 3 is 1.90 bits per heavy atom. The van der Waals surface area contributed by atoms with Crippen LogP contribution < -0.4 is 0 Å². The van der Waals surface area contributed by atoms with E-state index in [0.717, 1.165) is 6.54 Å². The van der Waals surface area contributed by atoms with Crippen LogP contribution in [0, 0.1) is 13.8 Å². The molecule has 1 fully saturated rings. The second-order valence-electron chi connectivity index (χ2n) is 7.17. The summed E-state index contributed by atoms with van der Waals surface area (Å²) in [6.45, 7) is 12.9. The minimum atomic E-state index is -0.607. The van der Waals surface area contributed by atoms with Crippen molar-refractivity contribution in [3.8, 4) is 0 Å². The van der Waals surface area contributed by atoms with Crippen LogP contribution in [-0.2, 0) is 12.0 Å². The van der Waals surface area contributed by atoms with E-state index in [1.165, 1.54) is 22.3 Å². The lowest BCUT2D eigenvalue weighted by Crippen LogP contribution is -2.23. The summed E-state index contributed by atoms with van der Waals surface area (Å²) in [5.41, 5.74) is 5.43. The highest BCUT2D eigenvalue weighted by Crippen LogP contribution is 2.28. The van der Waals surface area contributed by atoms with Crippen LogP contribution in [0.3, 0.4) is 0 Å². The van der Waals surface area contributed by atoms with Crippen LogP contribution in [0.5, 0.6) is 0 Å². The normalized spacial score (nSPS) is 24.4. The van der Waals surface area contributed by atoms with Gasteiger partial charge in [0.2, 0.25) is 0 Å². The minimum Gasteiger partial charge on any atom is -0.389 e. The van der Waals surface area contributed by atoms with E-state index in [1.54, 1.807) is 0 Å². The highest BCUT2D eigenvalue weighted by atomic mass is 16.3. The first-order valence-corrected chi connectivity index (χ1v) is 7.37. The molecule has 112 valence electrons. The van der Waals surface area contributed by atoms with E-state index in [4.69, 9.17) is 0 Å². The van der Waals surface area contributed by atoms with Crippen LogP contribution in [0.4, 0.5) is 0 Å². The molecule has 0 spiro atoms. The molecule has 0 aliphatic carbocycles. The number of hydrogen-bond acceptors (Lipinski definition) is 3. The van der Waals surface area contributed by atoms with Crippen molar-refractivity contribution in [2.24, 2.45) is 0 Å². The first kappa shape index (κ1) is 15.5. The second kappa shape index (κ2) is 5.47. The van der Waals surface area contributed by atoms with Crippen molar-refractivity contribution in [3.63, 3.8) is 0 Å². The van der Waals surface area contributed by atoms with E-state index in [-0.39, 0.29) is 5.41 Å². The van der Waals surface area contributed by atoms with Crippen molar-refractivity contribution in [3.05, 3.63) is 34.4 Å². The lowest BCUT2D eigenvalue weighted by Gasteiger charge is -2.24. The van der Waals surface area contributed by atoms with Crippen molar-refractivity contribution in [1.82, 2.24) is 4.90 Å². The molecule has 0 bridgehead atoms. The van der Waals surface area contributed by atoms with Crippen LogP contribution >= 0.6 is 0 Å². The Hall–Kier alpha value is -0.900. The summed E-state index contributed by atoms with van der Waals surface area (Å²) in [5.74, 6) is 0. The van der Waals surface area contributed by atoms with Gasteiger partial charge in [0.1, 0.15) is 0 Å². The van der Waals surface area contributed by atoms with Crippen LogP contribution in [0.1, 0.15) is 43.0 Å². The van der Waals surface area contributed by atoms with Crippen LogP contribution in [0.15, 0.2) is 12.1 Å². The van der Waals surface area contributed by atoms with Gasteiger partial charge in [0.25, 0.3) is 0 Å². The fraction of sp³-hybridized carbons (Fsp3) is 0.647. The predicted octanol–water partition coefficient (Wildman–Crippen LogP) is 2.14. The number of aliphatic hydroxyl groups is 2. The fourth-order valence-electron chi connectivity index (χ4n) is 2.88. The molecule has 1 heterocycles. The summed E-state index contributed by atoms with van der Waals surface area (Å²) in [6, 6.07) is 4.54. The first-order chi connectivity index (χ1) is 9.18. The number of aryl methyl sites for hydroxylation is 2. The van der Waals surface area contributed by atoms with Crippen molar-refractivity contribution in [2.75, 3.05) is 13.1 Å². The van der Waals surface area contributed by atoms with Gasteiger partial charge in [0.15, 0.2) is 0 Å². The molecular formula is C17H27NO2. The Morgan fingerprint density at radius 1 is 1.05 bits per heavy atom. The van der Waals surface area contributed by atoms with E-state index >= 15 is 0 Å². The van der Waals surface area contributed by atoms with E-state index in [1.807, 2.05) is 0 Å². The van der Waals surface area contributed by atoms with Gasteiger partial charge in [-0.3, -0.25) is 4.90 Å². The van der Waals surface area contributed by atoms with Gasteiger partial charge in [0.05, 0.1) is 12.2 Å². The molecule has 20 heavy (non-hydrogen) atoms. The molecule has 0 radical (unpaired) electrons. The van der Waals surface area contributed by atoms with Crippen molar-refractivity contribution in [2.45, 2.75) is 58.8 Å². The summed E-state index contributed by atoms with van der Waals surface area (Å²) in [6.07, 6.45) is -1.21. The molecule has 3 nitrogen and oxygen atoms in total. The molecule has 3 heteroatoms. The Kier molecular flexibility index (Phi) is 4.24. The fourth-order valence-corrected chi connectivity index (χ4v) is 2.88. The Morgan fingerprint density at radius 2 is 1.50 bits per heavy atom. The third-order valence-electron chi connectivity index (χ3n) is 4.28. The highest BCUT2D eigenvalue weighted by Gasteiger charge is 2.30. The number of hydrogen-bond donors (Lipinski definition) is 2. The standard InChI is InChI=1S/C17H27NO2/c1-11-6-13(17(3,4)5)7-12(2)14(11)8-18-9-15(19)16(20)10-18/h6-7,15-16,19-20H,8-10H2,1-5H3/t15-,16+. The lowest BCUT2D eigenvalue weighted by molar-refractivity contribution is 0.0572. The average Bonchev–Trinajstić information content (AvgIpc) is 2.62. The number of likely N-dealkylation sites (tertiary alicyclic amines) is 1. The number of nitrogens with zero attached hydrogens (tertiary/aromatic N) is 1. The zero-order valence-corrected chi connectivity index (χ0v) is 13.3. The Labute approximate surface area is 122 Å². The number of β-amino-alcohol motifs (C(OH)–C–C–N with tert-alkyl or cyclic N) is 2. The predicted molar refractivity (Wildman–Crippen MR) is 81.9 cm³/mol. The molecule has 2 rings (SSSR count). The molecule has 1 aromatic carbocycles. The van der Waals surface area contributed by atoms with Crippen molar-refractivity contribution in [1.29, 1.82) is 0 Å². The summed E-state index contributed by atoms with van der Waals surface area (Å²) < 4.78 is 0. The third-order valence-corrected chi connectivity index (χ3v) is 4.28. The maximum absolute atomic E-state index is 9.64. The van der Waals surface area contributed by atoms with Gasteiger partial charge in [-0.2, -0.15) is 0 Å². The maximum Gasteiger partial charge on any atom is 0.0938 e. The molecule has 1 aliphatic heterocycles. The van der Waals surface area contributed by atoms with Crippen LogP contribution in [0.2, 0.25) is 0 Å². The monoisotopic (exact) mass is 277 g/mol. The zero-order chi connectivity index (χ0) is 15.1. The highest BCUT2D eigenvalue weighted by molar-refractivity contribution is 5.40. The molecule has 0 saturated carbocycles. The number of rotatable bonds is 2. The quantitative estimate of drug-likeness (QED) is 0.870. The van der Waals surface area contributed by atoms with Crippen molar-refractivity contribution < 1.29 is 10.2 Å². The van der Waals surface area contributed by atoms with Crippen LogP contribution in [0.25, 0.3) is 0 Å². The smallest absolute Gasteiger partial charge is 0.0938 e.